The summed E-state index contributed by atoms with van der Waals surface area (Å²) in [7, 11) is -9.15. The molecule has 3 rings (SSSR count). The van der Waals surface area contributed by atoms with Crippen LogP contribution in [0.15, 0.2) is 58.3 Å². The van der Waals surface area contributed by atoms with Crippen molar-refractivity contribution in [2.45, 2.75) is 23.6 Å². The standard InChI is InChI=1S/C20H18N4O6S2.2K/c1-12-13(2)19(22-14-3-7-16(8-4-14)31(25,26)27)24-20(18(12)11-21)23-15-5-9-17(10-6-15)32(28,29)30;;/h3-10H,1-2H3,(H2,22,23,24)(H,25,26,27)(H,28,29,30);;/q;2*+1/p-2. The molecule has 1 aromatic heterocycles. The zero-order valence-electron chi connectivity index (χ0n) is 18.8. The van der Waals surface area contributed by atoms with Crippen molar-refractivity contribution in [1.29, 1.82) is 5.26 Å². The summed E-state index contributed by atoms with van der Waals surface area (Å²) < 4.78 is 66.5. The molecule has 0 radical (unpaired) electrons. The number of hydrogen-bond donors (Lipinski definition) is 2. The molecule has 2 N–H and O–H groups in total. The largest absolute Gasteiger partial charge is 1.00 e. The van der Waals surface area contributed by atoms with Crippen molar-refractivity contribution in [3.05, 3.63) is 65.2 Å². The number of aromatic nitrogens is 1. The van der Waals surface area contributed by atoms with Gasteiger partial charge in [0.1, 0.15) is 32.1 Å². The summed E-state index contributed by atoms with van der Waals surface area (Å²) in [6.07, 6.45) is 0. The van der Waals surface area contributed by atoms with Gasteiger partial charge in [0.15, 0.2) is 5.82 Å². The van der Waals surface area contributed by atoms with E-state index in [0.717, 1.165) is 12.1 Å². The molecule has 10 nitrogen and oxygen atoms in total. The number of nitrogens with one attached hydrogen (secondary N) is 2. The zero-order valence-corrected chi connectivity index (χ0v) is 26.7. The average Bonchev–Trinajstić information content (AvgIpc) is 2.71. The van der Waals surface area contributed by atoms with E-state index < -0.39 is 20.2 Å². The first kappa shape index (κ1) is 31.8. The van der Waals surface area contributed by atoms with Gasteiger partial charge in [0.05, 0.1) is 15.4 Å². The smallest absolute Gasteiger partial charge is 0.744 e. The van der Waals surface area contributed by atoms with Gasteiger partial charge in [-0.15, -0.1) is 0 Å². The summed E-state index contributed by atoms with van der Waals surface area (Å²) in [4.78, 5) is 3.68. The normalized spacial score (nSPS) is 10.9. The molecule has 0 aliphatic heterocycles. The van der Waals surface area contributed by atoms with Crippen molar-refractivity contribution in [1.82, 2.24) is 4.98 Å². The Labute approximate surface area is 282 Å². The van der Waals surface area contributed by atoms with E-state index in [-0.39, 0.29) is 124 Å². The number of benzene rings is 2. The van der Waals surface area contributed by atoms with Gasteiger partial charge in [-0.05, 0) is 73.5 Å². The molecular weight excluding hydrogens is 535 g/mol. The van der Waals surface area contributed by atoms with Gasteiger partial charge < -0.3 is 19.7 Å². The number of rotatable bonds is 6. The minimum atomic E-state index is -4.58. The third kappa shape index (κ3) is 7.88. The fourth-order valence-electron chi connectivity index (χ4n) is 2.83. The predicted octanol–water partition coefficient (Wildman–Crippen LogP) is -3.13. The van der Waals surface area contributed by atoms with Crippen LogP contribution in [0.25, 0.3) is 0 Å². The maximum atomic E-state index is 11.1. The van der Waals surface area contributed by atoms with Gasteiger partial charge in [-0.25, -0.2) is 21.8 Å². The Morgan fingerprint density at radius 3 is 1.47 bits per heavy atom. The minimum absolute atomic E-state index is 0. The van der Waals surface area contributed by atoms with Crippen LogP contribution in [-0.4, -0.2) is 30.9 Å². The molecule has 0 bridgehead atoms. The zero-order chi connectivity index (χ0) is 23.7. The molecule has 2 aromatic carbocycles. The molecule has 0 amide bonds. The molecule has 0 saturated heterocycles. The summed E-state index contributed by atoms with van der Waals surface area (Å²) in [6, 6.07) is 12.3. The van der Waals surface area contributed by atoms with E-state index in [9.17, 15) is 31.2 Å². The van der Waals surface area contributed by atoms with Gasteiger partial charge >= 0.3 is 103 Å². The van der Waals surface area contributed by atoms with Crippen LogP contribution in [0.3, 0.4) is 0 Å². The van der Waals surface area contributed by atoms with Crippen LogP contribution in [0.5, 0.6) is 0 Å². The Kier molecular flexibility index (Phi) is 12.0. The predicted molar refractivity (Wildman–Crippen MR) is 114 cm³/mol. The molecule has 14 heteroatoms. The van der Waals surface area contributed by atoms with Crippen molar-refractivity contribution in [2.24, 2.45) is 0 Å². The Bertz CT molecular complexity index is 1440. The van der Waals surface area contributed by atoms with Gasteiger partial charge in [0, 0.05) is 11.4 Å². The van der Waals surface area contributed by atoms with E-state index in [1.54, 1.807) is 13.8 Å². The minimum Gasteiger partial charge on any atom is -0.744 e. The van der Waals surface area contributed by atoms with Crippen molar-refractivity contribution < 1.29 is 129 Å². The molecule has 0 spiro atoms. The second-order valence-electron chi connectivity index (χ2n) is 6.75. The summed E-state index contributed by atoms with van der Waals surface area (Å²) in [5, 5.41) is 15.5. The molecular formula is C20H16K2N4O6S2. The Morgan fingerprint density at radius 2 is 1.12 bits per heavy atom. The number of hydrogen-bond acceptors (Lipinski definition) is 10. The average molecular weight is 551 g/mol. The van der Waals surface area contributed by atoms with E-state index in [2.05, 4.69) is 21.7 Å². The van der Waals surface area contributed by atoms with Crippen LogP contribution in [0.2, 0.25) is 0 Å². The maximum absolute atomic E-state index is 11.1. The molecule has 0 saturated carbocycles. The Morgan fingerprint density at radius 1 is 0.735 bits per heavy atom. The molecule has 0 aliphatic rings. The molecule has 0 aliphatic carbocycles. The van der Waals surface area contributed by atoms with Gasteiger partial charge in [0.2, 0.25) is 0 Å². The molecule has 1 heterocycles. The number of pyridine rings is 1. The Balaban J connectivity index is 0.00000289. The number of nitrogens with zero attached hydrogens (tertiary/aromatic N) is 2. The fourth-order valence-corrected chi connectivity index (χ4v) is 3.77. The third-order valence-electron chi connectivity index (χ3n) is 4.68. The summed E-state index contributed by atoms with van der Waals surface area (Å²) in [5.41, 5.74) is 2.43. The van der Waals surface area contributed by atoms with Crippen molar-refractivity contribution in [3.63, 3.8) is 0 Å². The topological polar surface area (TPSA) is 175 Å². The van der Waals surface area contributed by atoms with Crippen LogP contribution in [0, 0.1) is 25.2 Å². The van der Waals surface area contributed by atoms with E-state index in [0.29, 0.717) is 28.3 Å². The third-order valence-corrected chi connectivity index (χ3v) is 6.38. The second kappa shape index (κ2) is 12.8. The molecule has 34 heavy (non-hydrogen) atoms. The fraction of sp³-hybridized carbons (Fsp3) is 0.100. The van der Waals surface area contributed by atoms with E-state index >= 15 is 0 Å². The van der Waals surface area contributed by atoms with Crippen LogP contribution < -0.4 is 113 Å². The van der Waals surface area contributed by atoms with Crippen LogP contribution >= 0.6 is 0 Å². The van der Waals surface area contributed by atoms with Gasteiger partial charge in [-0.2, -0.15) is 5.26 Å². The van der Waals surface area contributed by atoms with Crippen LogP contribution in [0.1, 0.15) is 16.7 Å². The Hall–Kier alpha value is -0.227. The summed E-state index contributed by atoms with van der Waals surface area (Å²) in [5.74, 6) is 0.565. The summed E-state index contributed by atoms with van der Waals surface area (Å²) >= 11 is 0. The van der Waals surface area contributed by atoms with E-state index in [1.807, 2.05) is 0 Å². The number of nitriles is 1. The SMILES string of the molecule is Cc1c(Nc2ccc(S(=O)(=O)[O-])cc2)nc(Nc2ccc(S(=O)(=O)[O-])cc2)c(C#N)c1C.[K+].[K+]. The van der Waals surface area contributed by atoms with Crippen molar-refractivity contribution >= 4 is 43.2 Å². The molecule has 0 unspecified atom stereocenters. The molecule has 0 atom stereocenters. The monoisotopic (exact) mass is 550 g/mol. The van der Waals surface area contributed by atoms with Gasteiger partial charge in [0.25, 0.3) is 0 Å². The first-order chi connectivity index (χ1) is 14.9. The molecule has 0 fully saturated rings. The first-order valence-corrected chi connectivity index (χ1v) is 11.8. The first-order valence-electron chi connectivity index (χ1n) is 8.97. The second-order valence-corrected chi connectivity index (χ2v) is 9.51. The van der Waals surface area contributed by atoms with Crippen molar-refractivity contribution in [2.75, 3.05) is 10.6 Å². The van der Waals surface area contributed by atoms with Gasteiger partial charge in [-0.3, -0.25) is 0 Å². The molecule has 3 aromatic rings. The van der Waals surface area contributed by atoms with E-state index in [4.69, 9.17) is 0 Å². The number of anilines is 4. The maximum Gasteiger partial charge on any atom is 1.00 e. The van der Waals surface area contributed by atoms with Gasteiger partial charge in [-0.1, -0.05) is 0 Å². The van der Waals surface area contributed by atoms with Crippen LogP contribution in [0.4, 0.5) is 23.0 Å². The van der Waals surface area contributed by atoms with Crippen LogP contribution in [-0.2, 0) is 20.2 Å². The van der Waals surface area contributed by atoms with Crippen molar-refractivity contribution in [3.8, 4) is 6.07 Å². The molecule has 166 valence electrons. The van der Waals surface area contributed by atoms with E-state index in [1.165, 1.54) is 36.4 Å². The quantitative estimate of drug-likeness (QED) is 0.236. The summed E-state index contributed by atoms with van der Waals surface area (Å²) in [6.45, 7) is 3.48.